The summed E-state index contributed by atoms with van der Waals surface area (Å²) < 4.78 is 33.4. The molecule has 0 spiro atoms. The lowest BCUT2D eigenvalue weighted by Gasteiger charge is -2.37. The molecule has 0 aromatic carbocycles. The van der Waals surface area contributed by atoms with Crippen molar-refractivity contribution >= 4 is 55.9 Å². The molecule has 12 heteroatoms. The molecule has 2 aromatic heterocycles. The summed E-state index contributed by atoms with van der Waals surface area (Å²) in [6.07, 6.45) is 3.12. The number of sulfone groups is 1. The van der Waals surface area contributed by atoms with E-state index in [0.29, 0.717) is 30.3 Å². The van der Waals surface area contributed by atoms with Gasteiger partial charge in [0.15, 0.2) is 9.84 Å². The Morgan fingerprint density at radius 1 is 1.05 bits per heavy atom. The van der Waals surface area contributed by atoms with E-state index in [1.54, 1.807) is 30.0 Å². The highest BCUT2D eigenvalue weighted by Crippen LogP contribution is 2.39. The number of carbonyl (C=O) groups excluding carboxylic acids is 2. The highest BCUT2D eigenvalue weighted by atomic mass is 35.5. The fourth-order valence-electron chi connectivity index (χ4n) is 5.70. The highest BCUT2D eigenvalue weighted by Gasteiger charge is 2.41. The van der Waals surface area contributed by atoms with Crippen molar-refractivity contribution in [1.29, 1.82) is 0 Å². The second-order valence-electron chi connectivity index (χ2n) is 10.3. The Morgan fingerprint density at radius 2 is 1.76 bits per heavy atom. The summed E-state index contributed by atoms with van der Waals surface area (Å²) in [5, 5.41) is -0.868. The molecular formula is C26H34ClN3O5S3. The molecule has 0 saturated carbocycles. The van der Waals surface area contributed by atoms with Crippen molar-refractivity contribution in [1.82, 2.24) is 14.7 Å². The van der Waals surface area contributed by atoms with Crippen LogP contribution in [0.15, 0.2) is 28.5 Å². The van der Waals surface area contributed by atoms with Gasteiger partial charge in [-0.05, 0) is 56.9 Å². The third-order valence-corrected chi connectivity index (χ3v) is 13.2. The van der Waals surface area contributed by atoms with Gasteiger partial charge < -0.3 is 14.5 Å². The number of piperidine rings is 1. The molecule has 2 amide bonds. The van der Waals surface area contributed by atoms with Crippen molar-refractivity contribution in [3.8, 4) is 9.75 Å². The van der Waals surface area contributed by atoms with Gasteiger partial charge in [-0.2, -0.15) is 0 Å². The van der Waals surface area contributed by atoms with Crippen LogP contribution in [0.1, 0.15) is 32.6 Å². The fourth-order valence-corrected chi connectivity index (χ4v) is 10.1. The van der Waals surface area contributed by atoms with Crippen LogP contribution < -0.4 is 0 Å². The smallest absolute Gasteiger partial charge is 0.242 e. The minimum absolute atomic E-state index is 0.0179. The number of nitrogens with zero attached hydrogens (tertiary/aromatic N) is 3. The molecule has 2 aromatic rings. The maximum Gasteiger partial charge on any atom is 0.242 e. The van der Waals surface area contributed by atoms with Crippen LogP contribution in [-0.4, -0.2) is 98.7 Å². The number of likely N-dealkylation sites (tertiary alicyclic amines) is 2. The van der Waals surface area contributed by atoms with Crippen LogP contribution in [0, 0.1) is 5.92 Å². The van der Waals surface area contributed by atoms with Gasteiger partial charge in [-0.25, -0.2) is 8.42 Å². The van der Waals surface area contributed by atoms with Crippen molar-refractivity contribution in [3.05, 3.63) is 28.6 Å². The normalized spacial score (nSPS) is 24.2. The van der Waals surface area contributed by atoms with E-state index < -0.39 is 21.0 Å². The molecule has 0 bridgehead atoms. The van der Waals surface area contributed by atoms with Crippen LogP contribution >= 0.6 is 34.3 Å². The molecule has 3 aliphatic heterocycles. The van der Waals surface area contributed by atoms with Gasteiger partial charge in [-0.15, -0.1) is 22.7 Å². The molecule has 38 heavy (non-hydrogen) atoms. The van der Waals surface area contributed by atoms with Gasteiger partial charge in [-0.3, -0.25) is 14.5 Å². The maximum atomic E-state index is 13.5. The van der Waals surface area contributed by atoms with Crippen LogP contribution in [0.25, 0.3) is 9.75 Å². The molecule has 208 valence electrons. The zero-order valence-corrected chi connectivity index (χ0v) is 24.7. The van der Waals surface area contributed by atoms with E-state index in [9.17, 15) is 18.0 Å². The van der Waals surface area contributed by atoms with E-state index in [1.807, 2.05) is 11.0 Å². The quantitative estimate of drug-likeness (QED) is 0.458. The molecule has 3 aliphatic rings. The van der Waals surface area contributed by atoms with Crippen LogP contribution in [0.4, 0.5) is 0 Å². The van der Waals surface area contributed by atoms with Gasteiger partial charge in [-0.1, -0.05) is 11.6 Å². The van der Waals surface area contributed by atoms with Gasteiger partial charge in [0.1, 0.15) is 4.21 Å². The van der Waals surface area contributed by atoms with Gasteiger partial charge in [0, 0.05) is 48.5 Å². The molecule has 5 heterocycles. The first-order valence-electron chi connectivity index (χ1n) is 13.2. The minimum atomic E-state index is -3.71. The topological polar surface area (TPSA) is 87.2 Å². The molecule has 8 nitrogen and oxygen atoms in total. The fraction of sp³-hybridized carbons (Fsp3) is 0.615. The summed E-state index contributed by atoms with van der Waals surface area (Å²) in [5.74, 6) is -0.930. The maximum absolute atomic E-state index is 13.5. The molecule has 0 aliphatic carbocycles. The Balaban J connectivity index is 1.23. The first-order valence-corrected chi connectivity index (χ1v) is 16.8. The number of morpholine rings is 1. The van der Waals surface area contributed by atoms with Crippen molar-refractivity contribution in [3.63, 3.8) is 0 Å². The SMILES string of the molecule is CC([C@@H]1CCCN(CC(=O)N2CCC[C@H]2CN2CCOCC2)C1=O)S(=O)(=O)c1ccc(-c2ccc(Cl)s2)s1. The molecule has 3 atom stereocenters. The van der Waals surface area contributed by atoms with E-state index >= 15 is 0 Å². The first-order chi connectivity index (χ1) is 18.2. The van der Waals surface area contributed by atoms with Crippen LogP contribution in [0.5, 0.6) is 0 Å². The Hall–Kier alpha value is -1.50. The number of thiophene rings is 2. The lowest BCUT2D eigenvalue weighted by Crippen LogP contribution is -2.52. The largest absolute Gasteiger partial charge is 0.379 e. The van der Waals surface area contributed by atoms with E-state index in [-0.39, 0.29) is 28.6 Å². The Labute approximate surface area is 237 Å². The number of carbonyl (C=O) groups is 2. The second kappa shape index (κ2) is 11.9. The molecule has 1 unspecified atom stereocenters. The average molecular weight is 600 g/mol. The number of hydrogen-bond donors (Lipinski definition) is 0. The highest BCUT2D eigenvalue weighted by molar-refractivity contribution is 7.94. The van der Waals surface area contributed by atoms with Crippen molar-refractivity contribution in [2.75, 3.05) is 52.5 Å². The molecule has 0 radical (unpaired) electrons. The third-order valence-electron chi connectivity index (χ3n) is 7.90. The minimum Gasteiger partial charge on any atom is -0.379 e. The number of hydrogen-bond acceptors (Lipinski definition) is 8. The average Bonchev–Trinajstić information content (AvgIpc) is 3.67. The number of amides is 2. The number of ether oxygens (including phenoxy) is 1. The molecular weight excluding hydrogens is 566 g/mol. The van der Waals surface area contributed by atoms with E-state index in [0.717, 1.165) is 55.4 Å². The summed E-state index contributed by atoms with van der Waals surface area (Å²) in [7, 11) is -3.71. The summed E-state index contributed by atoms with van der Waals surface area (Å²) in [6.45, 7) is 6.88. The molecule has 3 fully saturated rings. The molecule has 0 N–H and O–H groups in total. The zero-order chi connectivity index (χ0) is 26.9. The summed E-state index contributed by atoms with van der Waals surface area (Å²) >= 11 is 8.66. The lowest BCUT2D eigenvalue weighted by molar-refractivity contribution is -0.145. The Bertz CT molecular complexity index is 1260. The van der Waals surface area contributed by atoms with Gasteiger partial charge in [0.05, 0.1) is 35.3 Å². The van der Waals surface area contributed by atoms with Crippen molar-refractivity contribution < 1.29 is 22.7 Å². The summed E-state index contributed by atoms with van der Waals surface area (Å²) in [5.41, 5.74) is 0. The van der Waals surface area contributed by atoms with Gasteiger partial charge in [0.2, 0.25) is 11.8 Å². The summed E-state index contributed by atoms with van der Waals surface area (Å²) in [4.78, 5) is 34.4. The molecule has 3 saturated heterocycles. The Kier molecular flexibility index (Phi) is 8.81. The van der Waals surface area contributed by atoms with Gasteiger partial charge >= 0.3 is 0 Å². The van der Waals surface area contributed by atoms with E-state index in [1.165, 1.54) is 22.7 Å². The number of halogens is 1. The zero-order valence-electron chi connectivity index (χ0n) is 21.5. The van der Waals surface area contributed by atoms with E-state index in [2.05, 4.69) is 4.90 Å². The number of rotatable bonds is 8. The third kappa shape index (κ3) is 5.97. The first kappa shape index (κ1) is 28.0. The van der Waals surface area contributed by atoms with Crippen molar-refractivity contribution in [2.45, 2.75) is 48.1 Å². The Morgan fingerprint density at radius 3 is 2.50 bits per heavy atom. The van der Waals surface area contributed by atoms with Crippen molar-refractivity contribution in [2.24, 2.45) is 5.92 Å². The van der Waals surface area contributed by atoms with Gasteiger partial charge in [0.25, 0.3) is 0 Å². The second-order valence-corrected chi connectivity index (χ2v) is 15.6. The molecule has 5 rings (SSSR count). The predicted octanol–water partition coefficient (Wildman–Crippen LogP) is 3.85. The van der Waals surface area contributed by atoms with E-state index in [4.69, 9.17) is 16.3 Å². The monoisotopic (exact) mass is 599 g/mol. The standard InChI is InChI=1S/C26H34ClN3O5S3/c1-18(38(33,34)25-9-7-22(37-25)21-6-8-23(27)36-21)20-5-3-10-29(26(20)32)17-24(31)30-11-2-4-19(30)16-28-12-14-35-15-13-28/h6-9,18-20H,2-5,10-17H2,1H3/t18?,19-,20-/m0/s1. The van der Waals surface area contributed by atoms with Crippen LogP contribution in [0.3, 0.4) is 0 Å². The van der Waals surface area contributed by atoms with Crippen LogP contribution in [0.2, 0.25) is 4.34 Å². The predicted molar refractivity (Wildman–Crippen MR) is 151 cm³/mol. The van der Waals surface area contributed by atoms with Crippen LogP contribution in [-0.2, 0) is 24.2 Å². The summed E-state index contributed by atoms with van der Waals surface area (Å²) in [6, 6.07) is 7.24. The lowest BCUT2D eigenvalue weighted by atomic mass is 9.94.